The van der Waals surface area contributed by atoms with Gasteiger partial charge in [-0.3, -0.25) is 4.68 Å². The van der Waals surface area contributed by atoms with Gasteiger partial charge in [0.25, 0.3) is 0 Å². The van der Waals surface area contributed by atoms with Crippen molar-refractivity contribution in [2.24, 2.45) is 0 Å². The Bertz CT molecular complexity index is 1390. The second-order valence-corrected chi connectivity index (χ2v) is 7.81. The van der Waals surface area contributed by atoms with Gasteiger partial charge in [0.15, 0.2) is 11.6 Å². The van der Waals surface area contributed by atoms with Crippen molar-refractivity contribution in [1.82, 2.24) is 19.7 Å². The van der Waals surface area contributed by atoms with Gasteiger partial charge in [-0.2, -0.15) is 10.4 Å². The Balaban J connectivity index is 1.53. The third-order valence-corrected chi connectivity index (χ3v) is 5.60. The summed E-state index contributed by atoms with van der Waals surface area (Å²) in [5.74, 6) is -0.848. The van der Waals surface area contributed by atoms with Crippen LogP contribution in [0.3, 0.4) is 0 Å². The Morgan fingerprint density at radius 3 is 2.67 bits per heavy atom. The molecule has 0 amide bonds. The van der Waals surface area contributed by atoms with Gasteiger partial charge in [0.1, 0.15) is 23.8 Å². The van der Waals surface area contributed by atoms with Crippen molar-refractivity contribution in [3.05, 3.63) is 87.7 Å². The van der Waals surface area contributed by atoms with Gasteiger partial charge < -0.3 is 14.8 Å². The van der Waals surface area contributed by atoms with Gasteiger partial charge in [0, 0.05) is 5.02 Å². The number of H-pyrrole nitrogens is 1. The van der Waals surface area contributed by atoms with Gasteiger partial charge in [-0.05, 0) is 37.6 Å². The Morgan fingerprint density at radius 1 is 1.21 bits per heavy atom. The molecule has 0 saturated heterocycles. The molecule has 0 spiro atoms. The topological polar surface area (TPSA) is 117 Å². The molecular formula is C24H20ClN5O3. The lowest BCUT2D eigenvalue weighted by atomic mass is 10.2. The third kappa shape index (κ3) is 4.45. The molecule has 2 heterocycles. The molecule has 0 aliphatic rings. The fraction of sp³-hybridized carbons (Fsp3) is 0.167. The number of rotatable bonds is 6. The number of aliphatic hydroxyl groups is 1. The smallest absolute Gasteiger partial charge is 0.342 e. The van der Waals surface area contributed by atoms with Gasteiger partial charge in [-0.15, -0.1) is 0 Å². The monoisotopic (exact) mass is 461 g/mol. The van der Waals surface area contributed by atoms with E-state index in [-0.39, 0.29) is 11.4 Å². The number of ether oxygens (including phenoxy) is 1. The van der Waals surface area contributed by atoms with Crippen LogP contribution in [0.25, 0.3) is 16.6 Å². The number of hydrogen-bond donors (Lipinski definition) is 2. The van der Waals surface area contributed by atoms with Crippen LogP contribution < -0.4 is 0 Å². The molecule has 2 N–H and O–H groups in total. The molecule has 0 bridgehead atoms. The van der Waals surface area contributed by atoms with Crippen LogP contribution in [0.15, 0.2) is 54.3 Å². The third-order valence-electron chi connectivity index (χ3n) is 5.23. The van der Waals surface area contributed by atoms with Gasteiger partial charge in [-0.25, -0.2) is 9.78 Å². The number of fused-ring (bicyclic) bond motifs is 1. The molecule has 166 valence electrons. The zero-order valence-electron chi connectivity index (χ0n) is 18.0. The maximum atomic E-state index is 12.8. The van der Waals surface area contributed by atoms with Crippen molar-refractivity contribution < 1.29 is 14.6 Å². The van der Waals surface area contributed by atoms with E-state index >= 15 is 0 Å². The molecule has 2 aromatic carbocycles. The van der Waals surface area contributed by atoms with Crippen molar-refractivity contribution in [2.45, 2.75) is 20.4 Å². The minimum absolute atomic E-state index is 0.0955. The number of hydrogen-bond acceptors (Lipinski definition) is 6. The van der Waals surface area contributed by atoms with Crippen LogP contribution in [0.2, 0.25) is 5.02 Å². The SMILES string of the molecule is Cc1nn(Cc2ccccc2Cl)c(C)c1C(=O)OC/C(O)=C(\C#N)c1nc2ccccc2[nH]1. The summed E-state index contributed by atoms with van der Waals surface area (Å²) in [4.78, 5) is 20.1. The molecule has 0 unspecified atom stereocenters. The average molecular weight is 462 g/mol. The molecule has 8 nitrogen and oxygen atoms in total. The van der Waals surface area contributed by atoms with E-state index < -0.39 is 18.3 Å². The first-order valence-electron chi connectivity index (χ1n) is 10.1. The number of aliphatic hydroxyl groups excluding tert-OH is 1. The highest BCUT2D eigenvalue weighted by Gasteiger charge is 2.22. The molecule has 0 saturated carbocycles. The summed E-state index contributed by atoms with van der Waals surface area (Å²) in [6, 6.07) is 16.6. The van der Waals surface area contributed by atoms with E-state index in [9.17, 15) is 15.2 Å². The maximum absolute atomic E-state index is 12.8. The number of nitrogens with one attached hydrogen (secondary N) is 1. The Labute approximate surface area is 194 Å². The fourth-order valence-corrected chi connectivity index (χ4v) is 3.73. The Kier molecular flexibility index (Phi) is 6.16. The number of halogens is 1. The van der Waals surface area contributed by atoms with Gasteiger partial charge in [-0.1, -0.05) is 41.9 Å². The Hall–Kier alpha value is -4.09. The number of aromatic nitrogens is 4. The second kappa shape index (κ2) is 9.18. The number of imidazole rings is 1. The molecule has 0 radical (unpaired) electrons. The van der Waals surface area contributed by atoms with Crippen LogP contribution in [0, 0.1) is 25.2 Å². The highest BCUT2D eigenvalue weighted by Crippen LogP contribution is 2.22. The van der Waals surface area contributed by atoms with Gasteiger partial charge in [0.05, 0.1) is 29.0 Å². The molecule has 4 rings (SSSR count). The molecule has 2 aromatic heterocycles. The number of nitrogens with zero attached hydrogens (tertiary/aromatic N) is 4. The lowest BCUT2D eigenvalue weighted by Gasteiger charge is -2.08. The Morgan fingerprint density at radius 2 is 1.94 bits per heavy atom. The molecule has 33 heavy (non-hydrogen) atoms. The number of carbonyl (C=O) groups excluding carboxylic acids is 1. The van der Waals surface area contributed by atoms with Crippen molar-refractivity contribution in [2.75, 3.05) is 6.61 Å². The molecule has 4 aromatic rings. The number of nitriles is 1. The quantitative estimate of drug-likeness (QED) is 0.243. The highest BCUT2D eigenvalue weighted by atomic mass is 35.5. The van der Waals surface area contributed by atoms with E-state index in [1.165, 1.54) is 0 Å². The normalized spacial score (nSPS) is 11.8. The molecule has 9 heteroatoms. The predicted molar refractivity (Wildman–Crippen MR) is 124 cm³/mol. The number of allylic oxidation sites excluding steroid dienone is 1. The summed E-state index contributed by atoms with van der Waals surface area (Å²) in [5.41, 5.74) is 3.56. The summed E-state index contributed by atoms with van der Waals surface area (Å²) >= 11 is 6.24. The van der Waals surface area contributed by atoms with Crippen molar-refractivity contribution in [1.29, 1.82) is 5.26 Å². The summed E-state index contributed by atoms with van der Waals surface area (Å²) in [7, 11) is 0. The zero-order valence-corrected chi connectivity index (χ0v) is 18.7. The van der Waals surface area contributed by atoms with Gasteiger partial charge >= 0.3 is 5.97 Å². The van der Waals surface area contributed by atoms with E-state index in [0.29, 0.717) is 34.0 Å². The first-order chi connectivity index (χ1) is 15.9. The molecule has 0 atom stereocenters. The van der Waals surface area contributed by atoms with E-state index in [2.05, 4.69) is 15.1 Å². The summed E-state index contributed by atoms with van der Waals surface area (Å²) < 4.78 is 6.98. The van der Waals surface area contributed by atoms with E-state index in [1.54, 1.807) is 30.7 Å². The molecule has 0 aliphatic carbocycles. The van der Waals surface area contributed by atoms with Crippen LogP contribution >= 0.6 is 11.6 Å². The largest absolute Gasteiger partial charge is 0.507 e. The van der Waals surface area contributed by atoms with Crippen LogP contribution in [0.4, 0.5) is 0 Å². The standard InChI is InChI=1S/C24H20ClN5O3/c1-14-22(15(2)30(29-14)12-16-7-3-4-8-18(16)25)24(32)33-13-21(31)17(11-26)23-27-19-9-5-6-10-20(19)28-23/h3-10,31H,12-13H2,1-2H3,(H,27,28)/b21-17-. The van der Waals surface area contributed by atoms with E-state index in [0.717, 1.165) is 11.1 Å². The molecular weight excluding hydrogens is 442 g/mol. The minimum atomic E-state index is -0.649. The number of benzene rings is 2. The molecule has 0 aliphatic heterocycles. The minimum Gasteiger partial charge on any atom is -0.507 e. The highest BCUT2D eigenvalue weighted by molar-refractivity contribution is 6.31. The second-order valence-electron chi connectivity index (χ2n) is 7.41. The van der Waals surface area contributed by atoms with E-state index in [1.807, 2.05) is 42.5 Å². The zero-order chi connectivity index (χ0) is 23.5. The van der Waals surface area contributed by atoms with Crippen LogP contribution in [0.5, 0.6) is 0 Å². The molecule has 0 fully saturated rings. The van der Waals surface area contributed by atoms with Crippen molar-refractivity contribution >= 4 is 34.2 Å². The van der Waals surface area contributed by atoms with Crippen molar-refractivity contribution in [3.8, 4) is 6.07 Å². The number of esters is 1. The summed E-state index contributed by atoms with van der Waals surface area (Å²) in [6.07, 6.45) is 0. The number of aromatic amines is 1. The van der Waals surface area contributed by atoms with Crippen LogP contribution in [-0.2, 0) is 11.3 Å². The first kappa shape index (κ1) is 22.1. The fourth-order valence-electron chi connectivity index (χ4n) is 3.54. The number of para-hydroxylation sites is 2. The summed E-state index contributed by atoms with van der Waals surface area (Å²) in [6.45, 7) is 3.39. The average Bonchev–Trinajstić information content (AvgIpc) is 3.34. The lowest BCUT2D eigenvalue weighted by molar-refractivity contribution is 0.0501. The van der Waals surface area contributed by atoms with Crippen molar-refractivity contribution in [3.63, 3.8) is 0 Å². The summed E-state index contributed by atoms with van der Waals surface area (Å²) in [5, 5.41) is 25.0. The first-order valence-corrected chi connectivity index (χ1v) is 10.5. The lowest BCUT2D eigenvalue weighted by Crippen LogP contribution is -2.12. The van der Waals surface area contributed by atoms with Crippen LogP contribution in [-0.4, -0.2) is 37.4 Å². The maximum Gasteiger partial charge on any atom is 0.342 e. The number of carbonyl (C=O) groups is 1. The van der Waals surface area contributed by atoms with Crippen LogP contribution in [0.1, 0.15) is 33.1 Å². The van der Waals surface area contributed by atoms with E-state index in [4.69, 9.17) is 16.3 Å². The van der Waals surface area contributed by atoms with Gasteiger partial charge in [0.2, 0.25) is 0 Å². The predicted octanol–water partition coefficient (Wildman–Crippen LogP) is 4.73. The number of aryl methyl sites for hydroxylation is 1.